The Bertz CT molecular complexity index is 324. The minimum Gasteiger partial charge on any atom is -0.294 e. The van der Waals surface area contributed by atoms with Crippen molar-refractivity contribution < 1.29 is 0 Å². The van der Waals surface area contributed by atoms with Crippen molar-refractivity contribution in [2.24, 2.45) is 0 Å². The fourth-order valence-electron chi connectivity index (χ4n) is 1.19. The van der Waals surface area contributed by atoms with Gasteiger partial charge in [0.05, 0.1) is 6.07 Å². The van der Waals surface area contributed by atoms with E-state index in [2.05, 4.69) is 6.07 Å². The van der Waals surface area contributed by atoms with Crippen LogP contribution in [0.5, 0.6) is 0 Å². The summed E-state index contributed by atoms with van der Waals surface area (Å²) in [6, 6.07) is 9.79. The van der Waals surface area contributed by atoms with Gasteiger partial charge in [-0.25, -0.2) is 0 Å². The molecule has 0 spiro atoms. The first-order chi connectivity index (χ1) is 6.63. The van der Waals surface area contributed by atoms with Gasteiger partial charge in [0.25, 0.3) is 0 Å². The molecule has 0 aliphatic heterocycles. The standard InChI is InChI=1S/C11H13ClN2/c1-14(2)11(8-13)7-9-3-5-10(12)6-4-9/h3-6,11H,7H2,1-2H3. The van der Waals surface area contributed by atoms with Gasteiger partial charge in [-0.05, 0) is 31.8 Å². The van der Waals surface area contributed by atoms with Gasteiger partial charge in [-0.15, -0.1) is 0 Å². The minimum atomic E-state index is -0.0730. The maximum absolute atomic E-state index is 8.89. The van der Waals surface area contributed by atoms with E-state index in [0.29, 0.717) is 0 Å². The van der Waals surface area contributed by atoms with E-state index in [9.17, 15) is 0 Å². The Labute approximate surface area is 89.7 Å². The van der Waals surface area contributed by atoms with Crippen LogP contribution in [-0.2, 0) is 6.42 Å². The second-order valence-electron chi connectivity index (χ2n) is 3.44. The zero-order valence-electron chi connectivity index (χ0n) is 8.37. The van der Waals surface area contributed by atoms with E-state index in [1.165, 1.54) is 0 Å². The quantitative estimate of drug-likeness (QED) is 0.763. The molecule has 14 heavy (non-hydrogen) atoms. The van der Waals surface area contributed by atoms with E-state index in [4.69, 9.17) is 16.9 Å². The van der Waals surface area contributed by atoms with Crippen LogP contribution < -0.4 is 0 Å². The first kappa shape index (κ1) is 11.0. The highest BCUT2D eigenvalue weighted by atomic mass is 35.5. The van der Waals surface area contributed by atoms with Crippen LogP contribution >= 0.6 is 11.6 Å². The average molecular weight is 209 g/mol. The largest absolute Gasteiger partial charge is 0.294 e. The van der Waals surface area contributed by atoms with Crippen LogP contribution in [0.25, 0.3) is 0 Å². The van der Waals surface area contributed by atoms with Crippen LogP contribution in [0.1, 0.15) is 5.56 Å². The summed E-state index contributed by atoms with van der Waals surface area (Å²) in [7, 11) is 3.81. The molecule has 0 saturated heterocycles. The second-order valence-corrected chi connectivity index (χ2v) is 3.88. The van der Waals surface area contributed by atoms with Gasteiger partial charge in [-0.1, -0.05) is 23.7 Å². The van der Waals surface area contributed by atoms with Gasteiger partial charge in [0.1, 0.15) is 6.04 Å². The third kappa shape index (κ3) is 3.02. The highest BCUT2D eigenvalue weighted by Gasteiger charge is 2.10. The Hall–Kier alpha value is -1.04. The van der Waals surface area contributed by atoms with Crippen LogP contribution in [-0.4, -0.2) is 25.0 Å². The van der Waals surface area contributed by atoms with Gasteiger partial charge in [0.15, 0.2) is 0 Å². The second kappa shape index (κ2) is 4.99. The highest BCUT2D eigenvalue weighted by molar-refractivity contribution is 6.30. The Morgan fingerprint density at radius 3 is 2.36 bits per heavy atom. The number of nitrogens with zero attached hydrogens (tertiary/aromatic N) is 2. The van der Waals surface area contributed by atoms with E-state index >= 15 is 0 Å². The molecule has 3 heteroatoms. The molecule has 2 nitrogen and oxygen atoms in total. The van der Waals surface area contributed by atoms with Crippen LogP contribution in [0, 0.1) is 11.3 Å². The van der Waals surface area contributed by atoms with Crippen LogP contribution in [0.3, 0.4) is 0 Å². The Morgan fingerprint density at radius 2 is 1.93 bits per heavy atom. The minimum absolute atomic E-state index is 0.0730. The number of halogens is 1. The van der Waals surface area contributed by atoms with Crippen molar-refractivity contribution in [1.29, 1.82) is 5.26 Å². The number of likely N-dealkylation sites (N-methyl/N-ethyl adjacent to an activating group) is 1. The molecular weight excluding hydrogens is 196 g/mol. The Morgan fingerprint density at radius 1 is 1.36 bits per heavy atom. The molecule has 0 radical (unpaired) electrons. The van der Waals surface area contributed by atoms with E-state index < -0.39 is 0 Å². The molecule has 1 aromatic carbocycles. The molecule has 0 aromatic heterocycles. The Kier molecular flexibility index (Phi) is 3.94. The van der Waals surface area contributed by atoms with Crippen molar-refractivity contribution >= 4 is 11.6 Å². The summed E-state index contributed by atoms with van der Waals surface area (Å²) >= 11 is 5.77. The molecule has 1 aromatic rings. The van der Waals surface area contributed by atoms with Gasteiger partial charge in [-0.2, -0.15) is 5.26 Å². The number of rotatable bonds is 3. The summed E-state index contributed by atoms with van der Waals surface area (Å²) in [6.07, 6.45) is 0.737. The topological polar surface area (TPSA) is 27.0 Å². The fourth-order valence-corrected chi connectivity index (χ4v) is 1.31. The summed E-state index contributed by atoms with van der Waals surface area (Å²) in [5.74, 6) is 0. The maximum Gasteiger partial charge on any atom is 0.101 e. The predicted octanol–water partition coefficient (Wildman–Crippen LogP) is 2.34. The average Bonchev–Trinajstić information content (AvgIpc) is 2.16. The molecule has 0 amide bonds. The normalized spacial score (nSPS) is 12.5. The zero-order chi connectivity index (χ0) is 10.6. The molecular formula is C11H13ClN2. The number of hydrogen-bond acceptors (Lipinski definition) is 2. The molecule has 0 heterocycles. The molecule has 74 valence electrons. The van der Waals surface area contributed by atoms with Gasteiger partial charge in [0.2, 0.25) is 0 Å². The molecule has 0 fully saturated rings. The predicted molar refractivity (Wildman–Crippen MR) is 58.2 cm³/mol. The van der Waals surface area contributed by atoms with Crippen molar-refractivity contribution in [2.75, 3.05) is 14.1 Å². The van der Waals surface area contributed by atoms with E-state index in [-0.39, 0.29) is 6.04 Å². The zero-order valence-corrected chi connectivity index (χ0v) is 9.12. The molecule has 1 unspecified atom stereocenters. The third-order valence-corrected chi connectivity index (χ3v) is 2.37. The number of benzene rings is 1. The van der Waals surface area contributed by atoms with E-state index in [1.807, 2.05) is 43.3 Å². The molecule has 0 aliphatic carbocycles. The molecule has 1 atom stereocenters. The Balaban J connectivity index is 2.69. The smallest absolute Gasteiger partial charge is 0.101 e. The van der Waals surface area contributed by atoms with E-state index in [0.717, 1.165) is 17.0 Å². The van der Waals surface area contributed by atoms with Crippen LogP contribution in [0.15, 0.2) is 24.3 Å². The first-order valence-corrected chi connectivity index (χ1v) is 4.82. The maximum atomic E-state index is 8.89. The lowest BCUT2D eigenvalue weighted by Gasteiger charge is -2.16. The van der Waals surface area contributed by atoms with Crippen molar-refractivity contribution in [3.8, 4) is 6.07 Å². The number of hydrogen-bond donors (Lipinski definition) is 0. The highest BCUT2D eigenvalue weighted by Crippen LogP contribution is 2.12. The number of nitriles is 1. The van der Waals surface area contributed by atoms with Crippen molar-refractivity contribution in [2.45, 2.75) is 12.5 Å². The SMILES string of the molecule is CN(C)C(C#N)Cc1ccc(Cl)cc1. The lowest BCUT2D eigenvalue weighted by molar-refractivity contribution is 0.348. The van der Waals surface area contributed by atoms with Gasteiger partial charge >= 0.3 is 0 Å². The van der Waals surface area contributed by atoms with Gasteiger partial charge in [-0.3, -0.25) is 4.90 Å². The van der Waals surface area contributed by atoms with Gasteiger partial charge < -0.3 is 0 Å². The third-order valence-electron chi connectivity index (χ3n) is 2.11. The summed E-state index contributed by atoms with van der Waals surface area (Å²) < 4.78 is 0. The lowest BCUT2D eigenvalue weighted by atomic mass is 10.1. The molecule has 0 N–H and O–H groups in total. The van der Waals surface area contributed by atoms with E-state index in [1.54, 1.807) is 0 Å². The monoisotopic (exact) mass is 208 g/mol. The first-order valence-electron chi connectivity index (χ1n) is 4.44. The fraction of sp³-hybridized carbons (Fsp3) is 0.364. The molecule has 0 bridgehead atoms. The van der Waals surface area contributed by atoms with Crippen LogP contribution in [0.2, 0.25) is 5.02 Å². The lowest BCUT2D eigenvalue weighted by Crippen LogP contribution is -2.28. The summed E-state index contributed by atoms with van der Waals surface area (Å²) in [6.45, 7) is 0. The van der Waals surface area contributed by atoms with Crippen molar-refractivity contribution in [3.63, 3.8) is 0 Å². The van der Waals surface area contributed by atoms with Crippen molar-refractivity contribution in [1.82, 2.24) is 4.90 Å². The van der Waals surface area contributed by atoms with Crippen LogP contribution in [0.4, 0.5) is 0 Å². The van der Waals surface area contributed by atoms with Gasteiger partial charge in [0, 0.05) is 11.4 Å². The summed E-state index contributed by atoms with van der Waals surface area (Å²) in [5, 5.41) is 9.62. The van der Waals surface area contributed by atoms with Crippen molar-refractivity contribution in [3.05, 3.63) is 34.9 Å². The summed E-state index contributed by atoms with van der Waals surface area (Å²) in [4.78, 5) is 1.91. The summed E-state index contributed by atoms with van der Waals surface area (Å²) in [5.41, 5.74) is 1.13. The molecule has 1 rings (SSSR count). The molecule has 0 saturated carbocycles. The molecule has 0 aliphatic rings.